The minimum Gasteiger partial charge on any atom is -0.497 e. The molecule has 0 radical (unpaired) electrons. The van der Waals surface area contributed by atoms with Crippen molar-refractivity contribution in [3.63, 3.8) is 0 Å². The summed E-state index contributed by atoms with van der Waals surface area (Å²) in [5, 5.41) is 4.77. The second-order valence-electron chi connectivity index (χ2n) is 8.86. The third-order valence-electron chi connectivity index (χ3n) is 5.77. The van der Waals surface area contributed by atoms with E-state index in [0.29, 0.717) is 18.4 Å². The number of ether oxygens (including phenoxy) is 3. The van der Waals surface area contributed by atoms with Crippen molar-refractivity contribution < 1.29 is 45.4 Å². The zero-order valence-corrected chi connectivity index (χ0v) is 21.9. The summed E-state index contributed by atoms with van der Waals surface area (Å²) in [7, 11) is -2.35. The fraction of sp³-hybridized carbons (Fsp3) is 0.280. The Labute approximate surface area is 226 Å². The fourth-order valence-electron chi connectivity index (χ4n) is 3.51. The second-order valence-corrected chi connectivity index (χ2v) is 10.8. The summed E-state index contributed by atoms with van der Waals surface area (Å²) in [5.74, 6) is -0.760. The largest absolute Gasteiger partial charge is 0.497 e. The summed E-state index contributed by atoms with van der Waals surface area (Å²) in [4.78, 5) is 32.2. The number of carbonyl (C=O) groups excluding carboxylic acids is 2. The van der Waals surface area contributed by atoms with Crippen LogP contribution in [0.1, 0.15) is 24.0 Å². The molecular formula is C25H23F3N4O7S. The van der Waals surface area contributed by atoms with Crippen LogP contribution in [0.15, 0.2) is 60.0 Å². The molecule has 15 heteroatoms. The standard InChI is InChI=1S/C25H23F3N4O7S/c1-37-17-7-8-20(19(11-17)25(26,27)28)38-16-5-3-15(4-6-16)12-29-21(33)24(9-10-24)32-23(34)39-18-13-30-22(31-14-18)40(2,35)36/h3-8,11,13-14H,9-10,12H2,1-2H3,(H,29,33)(H,32,34). The minimum atomic E-state index is -4.65. The summed E-state index contributed by atoms with van der Waals surface area (Å²) in [6.07, 6.45) is -1.88. The van der Waals surface area contributed by atoms with Crippen LogP contribution in [0.3, 0.4) is 0 Å². The molecule has 1 aliphatic carbocycles. The Morgan fingerprint density at radius 1 is 1.00 bits per heavy atom. The van der Waals surface area contributed by atoms with E-state index in [2.05, 4.69) is 20.6 Å². The number of benzene rings is 2. The Kier molecular flexibility index (Phi) is 7.86. The predicted octanol–water partition coefficient (Wildman–Crippen LogP) is 3.64. The molecule has 1 aliphatic rings. The van der Waals surface area contributed by atoms with Gasteiger partial charge in [0.1, 0.15) is 28.4 Å². The van der Waals surface area contributed by atoms with Gasteiger partial charge in [-0.2, -0.15) is 13.2 Å². The van der Waals surface area contributed by atoms with E-state index < -0.39 is 44.3 Å². The molecule has 3 aromatic rings. The maximum atomic E-state index is 13.4. The molecule has 1 fully saturated rings. The lowest BCUT2D eigenvalue weighted by atomic mass is 10.1. The molecule has 2 aromatic carbocycles. The molecule has 0 saturated heterocycles. The number of methoxy groups -OCH3 is 1. The first-order chi connectivity index (χ1) is 18.8. The summed E-state index contributed by atoms with van der Waals surface area (Å²) < 4.78 is 78.4. The maximum absolute atomic E-state index is 13.4. The summed E-state index contributed by atoms with van der Waals surface area (Å²) in [6.45, 7) is 0.0781. The SMILES string of the molecule is COc1ccc(Oc2ccc(CNC(=O)C3(NC(=O)Oc4cnc(S(C)(=O)=O)nc4)CC3)cc2)c(C(F)(F)F)c1. The molecule has 0 bridgehead atoms. The van der Waals surface area contributed by atoms with Crippen LogP contribution in [0.5, 0.6) is 23.0 Å². The number of hydrogen-bond acceptors (Lipinski definition) is 9. The van der Waals surface area contributed by atoms with Gasteiger partial charge in [0.05, 0.1) is 19.5 Å². The molecule has 4 rings (SSSR count). The van der Waals surface area contributed by atoms with Crippen LogP contribution in [0.2, 0.25) is 0 Å². The number of halogens is 3. The number of amides is 2. The van der Waals surface area contributed by atoms with E-state index >= 15 is 0 Å². The molecule has 2 amide bonds. The molecule has 0 spiro atoms. The van der Waals surface area contributed by atoms with E-state index in [-0.39, 0.29) is 29.5 Å². The number of carbonyl (C=O) groups is 2. The van der Waals surface area contributed by atoms with Crippen LogP contribution in [-0.2, 0) is 27.4 Å². The molecule has 0 aliphatic heterocycles. The molecule has 11 nitrogen and oxygen atoms in total. The van der Waals surface area contributed by atoms with Gasteiger partial charge in [0.25, 0.3) is 0 Å². The number of alkyl halides is 3. The first-order valence-electron chi connectivity index (χ1n) is 11.6. The van der Waals surface area contributed by atoms with Crippen LogP contribution < -0.4 is 24.8 Å². The smallest absolute Gasteiger partial charge is 0.420 e. The second kappa shape index (κ2) is 11.0. The summed E-state index contributed by atoms with van der Waals surface area (Å²) in [5.41, 5.74) is -1.52. The zero-order chi connectivity index (χ0) is 29.1. The van der Waals surface area contributed by atoms with Crippen molar-refractivity contribution in [2.45, 2.75) is 36.3 Å². The third kappa shape index (κ3) is 6.97. The monoisotopic (exact) mass is 580 g/mol. The van der Waals surface area contributed by atoms with Gasteiger partial charge >= 0.3 is 12.3 Å². The van der Waals surface area contributed by atoms with Crippen molar-refractivity contribution in [1.82, 2.24) is 20.6 Å². The van der Waals surface area contributed by atoms with Crippen molar-refractivity contribution in [1.29, 1.82) is 0 Å². The molecule has 1 aromatic heterocycles. The van der Waals surface area contributed by atoms with Crippen molar-refractivity contribution in [3.05, 3.63) is 66.0 Å². The lowest BCUT2D eigenvalue weighted by molar-refractivity contribution is -0.138. The summed E-state index contributed by atoms with van der Waals surface area (Å²) >= 11 is 0. The molecule has 0 unspecified atom stereocenters. The van der Waals surface area contributed by atoms with E-state index in [1.54, 1.807) is 12.1 Å². The number of nitrogens with zero attached hydrogens (tertiary/aromatic N) is 2. The fourth-order valence-corrected chi connectivity index (χ4v) is 4.00. The highest BCUT2D eigenvalue weighted by atomic mass is 32.2. The average Bonchev–Trinajstić information content (AvgIpc) is 3.68. The Morgan fingerprint density at radius 2 is 1.62 bits per heavy atom. The van der Waals surface area contributed by atoms with Crippen LogP contribution in [0.4, 0.5) is 18.0 Å². The van der Waals surface area contributed by atoms with Crippen LogP contribution in [0, 0.1) is 0 Å². The van der Waals surface area contributed by atoms with Crippen molar-refractivity contribution >= 4 is 21.8 Å². The van der Waals surface area contributed by atoms with Crippen molar-refractivity contribution in [2.75, 3.05) is 13.4 Å². The Hall–Kier alpha value is -4.40. The molecule has 1 saturated carbocycles. The third-order valence-corrected chi connectivity index (χ3v) is 6.64. The number of rotatable bonds is 9. The quantitative estimate of drug-likeness (QED) is 0.362. The molecule has 0 atom stereocenters. The van der Waals surface area contributed by atoms with Crippen molar-refractivity contribution in [3.8, 4) is 23.0 Å². The number of hydrogen-bond donors (Lipinski definition) is 2. The maximum Gasteiger partial charge on any atom is 0.420 e. The lowest BCUT2D eigenvalue weighted by Crippen LogP contribution is -2.49. The van der Waals surface area contributed by atoms with Gasteiger partial charge in [0.15, 0.2) is 5.75 Å². The van der Waals surface area contributed by atoms with Gasteiger partial charge in [-0.1, -0.05) is 12.1 Å². The highest BCUT2D eigenvalue weighted by Crippen LogP contribution is 2.40. The van der Waals surface area contributed by atoms with Crippen LogP contribution in [0.25, 0.3) is 0 Å². The normalized spacial score (nSPS) is 14.1. The van der Waals surface area contributed by atoms with Gasteiger partial charge in [-0.15, -0.1) is 0 Å². The average molecular weight is 581 g/mol. The van der Waals surface area contributed by atoms with Crippen molar-refractivity contribution in [2.24, 2.45) is 0 Å². The first kappa shape index (κ1) is 28.6. The molecule has 1 heterocycles. The highest BCUT2D eigenvalue weighted by molar-refractivity contribution is 7.90. The first-order valence-corrected chi connectivity index (χ1v) is 13.5. The van der Waals surface area contributed by atoms with Crippen LogP contribution >= 0.6 is 0 Å². The van der Waals surface area contributed by atoms with Gasteiger partial charge in [-0.05, 0) is 48.7 Å². The number of sulfone groups is 1. The Bertz CT molecular complexity index is 1510. The van der Waals surface area contributed by atoms with E-state index in [0.717, 1.165) is 24.7 Å². The zero-order valence-electron chi connectivity index (χ0n) is 21.1. The van der Waals surface area contributed by atoms with Crippen LogP contribution in [-0.4, -0.2) is 49.3 Å². The molecule has 2 N–H and O–H groups in total. The topological polar surface area (TPSA) is 146 Å². The van der Waals surface area contributed by atoms with Gasteiger partial charge in [0.2, 0.25) is 20.9 Å². The molecular weight excluding hydrogens is 557 g/mol. The number of aromatic nitrogens is 2. The predicted molar refractivity (Wildman–Crippen MR) is 133 cm³/mol. The van der Waals surface area contributed by atoms with E-state index in [9.17, 15) is 31.2 Å². The molecule has 40 heavy (non-hydrogen) atoms. The molecule has 212 valence electrons. The van der Waals surface area contributed by atoms with E-state index in [1.807, 2.05) is 0 Å². The number of nitrogens with one attached hydrogen (secondary N) is 2. The van der Waals surface area contributed by atoms with Gasteiger partial charge < -0.3 is 24.8 Å². The van der Waals surface area contributed by atoms with E-state index in [1.165, 1.54) is 31.4 Å². The minimum absolute atomic E-state index is 0.0409. The lowest BCUT2D eigenvalue weighted by Gasteiger charge is -2.17. The Balaban J connectivity index is 1.31. The van der Waals surface area contributed by atoms with Gasteiger partial charge in [-0.3, -0.25) is 4.79 Å². The summed E-state index contributed by atoms with van der Waals surface area (Å²) in [6, 6.07) is 9.45. The van der Waals surface area contributed by atoms with Gasteiger partial charge in [-0.25, -0.2) is 23.2 Å². The van der Waals surface area contributed by atoms with Gasteiger partial charge in [0, 0.05) is 12.8 Å². The Morgan fingerprint density at radius 3 is 2.17 bits per heavy atom. The highest BCUT2D eigenvalue weighted by Gasteiger charge is 2.51. The van der Waals surface area contributed by atoms with E-state index in [4.69, 9.17) is 14.2 Å².